The van der Waals surface area contributed by atoms with Crippen LogP contribution in [0.1, 0.15) is 5.89 Å². The van der Waals surface area contributed by atoms with Crippen molar-refractivity contribution < 1.29 is 18.7 Å². The third-order valence-corrected chi connectivity index (χ3v) is 5.36. The summed E-state index contributed by atoms with van der Waals surface area (Å²) < 4.78 is 21.2. The first-order valence-corrected chi connectivity index (χ1v) is 10.3. The molecule has 0 spiro atoms. The molecule has 0 saturated heterocycles. The van der Waals surface area contributed by atoms with Crippen LogP contribution >= 0.6 is 11.8 Å². The number of hydrogen-bond donors (Lipinski definition) is 0. The van der Waals surface area contributed by atoms with E-state index in [0.29, 0.717) is 29.0 Å². The number of methoxy groups -OCH3 is 3. The molecule has 0 saturated carbocycles. The largest absolute Gasteiger partial charge is 0.497 e. The van der Waals surface area contributed by atoms with Crippen molar-refractivity contribution >= 4 is 11.8 Å². The van der Waals surface area contributed by atoms with E-state index < -0.39 is 0 Å². The Morgan fingerprint density at radius 2 is 1.71 bits per heavy atom. The van der Waals surface area contributed by atoms with Crippen molar-refractivity contribution in [3.05, 3.63) is 60.5 Å². The maximum atomic E-state index is 5.37. The van der Waals surface area contributed by atoms with Gasteiger partial charge in [0.05, 0.1) is 32.8 Å². The van der Waals surface area contributed by atoms with Gasteiger partial charge in [0.25, 0.3) is 0 Å². The van der Waals surface area contributed by atoms with Crippen LogP contribution in [0.4, 0.5) is 0 Å². The Labute approximate surface area is 183 Å². The Hall–Kier alpha value is -3.59. The smallest absolute Gasteiger partial charge is 0.237 e. The summed E-state index contributed by atoms with van der Waals surface area (Å²) in [5, 5.41) is 13.4. The second-order valence-electron chi connectivity index (χ2n) is 6.36. The molecule has 0 aliphatic rings. The zero-order chi connectivity index (χ0) is 21.6. The third-order valence-electron chi connectivity index (χ3n) is 4.46. The van der Waals surface area contributed by atoms with E-state index in [-0.39, 0.29) is 0 Å². The van der Waals surface area contributed by atoms with Gasteiger partial charge in [0.2, 0.25) is 11.7 Å². The number of thioether (sulfide) groups is 1. The minimum Gasteiger partial charge on any atom is -0.497 e. The van der Waals surface area contributed by atoms with E-state index in [1.165, 1.54) is 11.8 Å². The first kappa shape index (κ1) is 20.7. The highest BCUT2D eigenvalue weighted by Gasteiger charge is 2.13. The molecule has 0 atom stereocenters. The topological polar surface area (TPSA) is 92.4 Å². The maximum Gasteiger partial charge on any atom is 0.237 e. The molecule has 0 bridgehead atoms. The summed E-state index contributed by atoms with van der Waals surface area (Å²) in [7, 11) is 4.81. The second-order valence-corrected chi connectivity index (χ2v) is 7.35. The van der Waals surface area contributed by atoms with Gasteiger partial charge in [-0.05, 0) is 42.5 Å². The Bertz CT molecular complexity index is 1160. The van der Waals surface area contributed by atoms with Crippen molar-refractivity contribution in [1.82, 2.24) is 20.3 Å². The molecule has 158 valence electrons. The van der Waals surface area contributed by atoms with Gasteiger partial charge in [-0.2, -0.15) is 4.98 Å². The van der Waals surface area contributed by atoms with Crippen molar-refractivity contribution in [3.8, 4) is 39.9 Å². The van der Waals surface area contributed by atoms with Crippen molar-refractivity contribution in [2.75, 3.05) is 21.3 Å². The van der Waals surface area contributed by atoms with Gasteiger partial charge < -0.3 is 18.7 Å². The summed E-state index contributed by atoms with van der Waals surface area (Å²) in [6.45, 7) is 0. The van der Waals surface area contributed by atoms with Crippen LogP contribution in [0, 0.1) is 0 Å². The summed E-state index contributed by atoms with van der Waals surface area (Å²) >= 11 is 1.47. The normalized spacial score (nSPS) is 10.7. The van der Waals surface area contributed by atoms with Crippen LogP contribution in [-0.2, 0) is 5.75 Å². The minimum absolute atomic E-state index is 0.480. The summed E-state index contributed by atoms with van der Waals surface area (Å²) in [6.07, 6.45) is 0. The lowest BCUT2D eigenvalue weighted by Gasteiger charge is -2.07. The lowest BCUT2D eigenvalue weighted by atomic mass is 10.1. The number of ether oxygens (including phenoxy) is 3. The van der Waals surface area contributed by atoms with Crippen LogP contribution in [0.2, 0.25) is 0 Å². The predicted octanol–water partition coefficient (Wildman–Crippen LogP) is 4.51. The third kappa shape index (κ3) is 4.77. The minimum atomic E-state index is 0.480. The van der Waals surface area contributed by atoms with Gasteiger partial charge in [0.1, 0.15) is 10.8 Å². The first-order valence-electron chi connectivity index (χ1n) is 9.36. The SMILES string of the molecule is COc1cccc(-c2ccc(SCc3nc(-c4ccc(OC)c(OC)c4)no3)nn2)c1. The van der Waals surface area contributed by atoms with E-state index in [2.05, 4.69) is 20.3 Å². The number of nitrogens with zero attached hydrogens (tertiary/aromatic N) is 4. The van der Waals surface area contributed by atoms with Crippen LogP contribution in [0.5, 0.6) is 17.2 Å². The maximum absolute atomic E-state index is 5.37. The van der Waals surface area contributed by atoms with E-state index in [1.807, 2.05) is 48.5 Å². The molecule has 31 heavy (non-hydrogen) atoms. The summed E-state index contributed by atoms with van der Waals surface area (Å²) in [5.74, 6) is 3.48. The summed E-state index contributed by atoms with van der Waals surface area (Å²) in [6, 6.07) is 17.0. The van der Waals surface area contributed by atoms with Crippen LogP contribution in [-0.4, -0.2) is 41.7 Å². The number of rotatable bonds is 8. The summed E-state index contributed by atoms with van der Waals surface area (Å²) in [5.41, 5.74) is 2.50. The molecular formula is C22H20N4O4S. The molecule has 2 aromatic carbocycles. The predicted molar refractivity (Wildman–Crippen MR) is 116 cm³/mol. The van der Waals surface area contributed by atoms with Gasteiger partial charge in [-0.1, -0.05) is 29.1 Å². The van der Waals surface area contributed by atoms with Crippen LogP contribution < -0.4 is 14.2 Å². The van der Waals surface area contributed by atoms with E-state index in [1.54, 1.807) is 27.4 Å². The first-order chi connectivity index (χ1) is 15.2. The molecule has 0 fully saturated rings. The Kier molecular flexibility index (Phi) is 6.32. The lowest BCUT2D eigenvalue weighted by molar-refractivity contribution is 0.355. The van der Waals surface area contributed by atoms with Crippen LogP contribution in [0.3, 0.4) is 0 Å². The number of benzene rings is 2. The molecule has 0 radical (unpaired) electrons. The van der Waals surface area contributed by atoms with Crippen molar-refractivity contribution in [1.29, 1.82) is 0 Å². The highest BCUT2D eigenvalue weighted by Crippen LogP contribution is 2.31. The standard InChI is InChI=1S/C22H20N4O4S/c1-27-16-6-4-5-14(11-16)17-8-10-21(25-24-17)31-13-20-23-22(26-30-20)15-7-9-18(28-2)19(12-15)29-3/h4-12H,13H2,1-3H3. The van der Waals surface area contributed by atoms with Crippen LogP contribution in [0.15, 0.2) is 64.1 Å². The molecular weight excluding hydrogens is 416 g/mol. The zero-order valence-corrected chi connectivity index (χ0v) is 18.0. The molecule has 8 nitrogen and oxygen atoms in total. The highest BCUT2D eigenvalue weighted by molar-refractivity contribution is 7.98. The fourth-order valence-electron chi connectivity index (χ4n) is 2.88. The monoisotopic (exact) mass is 436 g/mol. The molecule has 0 aliphatic carbocycles. The molecule has 0 N–H and O–H groups in total. The van der Waals surface area contributed by atoms with Gasteiger partial charge in [0, 0.05) is 11.1 Å². The second kappa shape index (κ2) is 9.48. The quantitative estimate of drug-likeness (QED) is 0.370. The molecule has 2 heterocycles. The fourth-order valence-corrected chi connectivity index (χ4v) is 3.53. The highest BCUT2D eigenvalue weighted by atomic mass is 32.2. The number of hydrogen-bond acceptors (Lipinski definition) is 9. The average Bonchev–Trinajstić information content (AvgIpc) is 3.31. The molecule has 9 heteroatoms. The molecule has 4 aromatic rings. The van der Waals surface area contributed by atoms with E-state index in [4.69, 9.17) is 18.7 Å². The van der Waals surface area contributed by atoms with Gasteiger partial charge in [-0.25, -0.2) is 0 Å². The zero-order valence-electron chi connectivity index (χ0n) is 17.2. The molecule has 2 aromatic heterocycles. The Balaban J connectivity index is 1.42. The fraction of sp³-hybridized carbons (Fsp3) is 0.182. The van der Waals surface area contributed by atoms with Gasteiger partial charge >= 0.3 is 0 Å². The van der Waals surface area contributed by atoms with Crippen molar-refractivity contribution in [2.24, 2.45) is 0 Å². The Morgan fingerprint density at radius 1 is 0.839 bits per heavy atom. The molecule has 0 amide bonds. The molecule has 0 aliphatic heterocycles. The van der Waals surface area contributed by atoms with Crippen molar-refractivity contribution in [3.63, 3.8) is 0 Å². The summed E-state index contributed by atoms with van der Waals surface area (Å²) in [4.78, 5) is 4.45. The van der Waals surface area contributed by atoms with E-state index in [9.17, 15) is 0 Å². The van der Waals surface area contributed by atoms with Crippen LogP contribution in [0.25, 0.3) is 22.6 Å². The van der Waals surface area contributed by atoms with Crippen molar-refractivity contribution in [2.45, 2.75) is 10.8 Å². The van der Waals surface area contributed by atoms with Gasteiger partial charge in [-0.15, -0.1) is 10.2 Å². The van der Waals surface area contributed by atoms with Gasteiger partial charge in [0.15, 0.2) is 11.5 Å². The average molecular weight is 436 g/mol. The number of aromatic nitrogens is 4. The van der Waals surface area contributed by atoms with E-state index in [0.717, 1.165) is 27.6 Å². The van der Waals surface area contributed by atoms with E-state index >= 15 is 0 Å². The lowest BCUT2D eigenvalue weighted by Crippen LogP contribution is -1.92. The van der Waals surface area contributed by atoms with Gasteiger partial charge in [-0.3, -0.25) is 0 Å². The molecule has 0 unspecified atom stereocenters. The molecule has 4 rings (SSSR count). The Morgan fingerprint density at radius 3 is 2.45 bits per heavy atom.